The van der Waals surface area contributed by atoms with Crippen LogP contribution in [0.3, 0.4) is 0 Å². The van der Waals surface area contributed by atoms with Crippen LogP contribution in [0.25, 0.3) is 0 Å². The molecular formula is C25H33BrN2O3. The van der Waals surface area contributed by atoms with Crippen molar-refractivity contribution in [2.75, 3.05) is 19.7 Å². The van der Waals surface area contributed by atoms with Crippen LogP contribution in [0.15, 0.2) is 53.0 Å². The number of amides is 2. The highest BCUT2D eigenvalue weighted by Gasteiger charge is 2.26. The van der Waals surface area contributed by atoms with Crippen LogP contribution in [0.4, 0.5) is 0 Å². The number of nitrogens with one attached hydrogen (secondary N) is 1. The van der Waals surface area contributed by atoms with Gasteiger partial charge in [-0.3, -0.25) is 9.59 Å². The van der Waals surface area contributed by atoms with Crippen LogP contribution in [0.1, 0.15) is 45.7 Å². The molecule has 0 heterocycles. The number of rotatable bonds is 9. The van der Waals surface area contributed by atoms with E-state index in [0.29, 0.717) is 25.3 Å². The van der Waals surface area contributed by atoms with Crippen molar-refractivity contribution in [1.82, 2.24) is 10.2 Å². The summed E-state index contributed by atoms with van der Waals surface area (Å²) in [6, 6.07) is 15.3. The first-order valence-electron chi connectivity index (χ1n) is 10.7. The zero-order valence-electron chi connectivity index (χ0n) is 19.1. The van der Waals surface area contributed by atoms with Gasteiger partial charge >= 0.3 is 0 Å². The van der Waals surface area contributed by atoms with Crippen LogP contribution < -0.4 is 10.1 Å². The number of carbonyl (C=O) groups excluding carboxylic acids is 2. The zero-order valence-corrected chi connectivity index (χ0v) is 20.7. The van der Waals surface area contributed by atoms with Gasteiger partial charge in [0.15, 0.2) is 6.61 Å². The Hall–Kier alpha value is -2.34. The molecule has 2 aromatic rings. The van der Waals surface area contributed by atoms with Gasteiger partial charge in [0, 0.05) is 13.1 Å². The molecule has 31 heavy (non-hydrogen) atoms. The third-order valence-corrected chi connectivity index (χ3v) is 5.77. The van der Waals surface area contributed by atoms with Crippen molar-refractivity contribution in [3.63, 3.8) is 0 Å². The second-order valence-electron chi connectivity index (χ2n) is 8.58. The van der Waals surface area contributed by atoms with Crippen molar-refractivity contribution in [2.24, 2.45) is 0 Å². The summed E-state index contributed by atoms with van der Waals surface area (Å²) in [5, 5.41) is 2.80. The molecule has 0 fully saturated rings. The van der Waals surface area contributed by atoms with E-state index >= 15 is 0 Å². The third-order valence-electron chi connectivity index (χ3n) is 5.15. The van der Waals surface area contributed by atoms with Gasteiger partial charge in [0.25, 0.3) is 5.91 Å². The highest BCUT2D eigenvalue weighted by Crippen LogP contribution is 2.31. The zero-order chi connectivity index (χ0) is 23.0. The molecule has 0 saturated heterocycles. The van der Waals surface area contributed by atoms with Gasteiger partial charge in [0.1, 0.15) is 11.8 Å². The number of halogens is 1. The maximum absolute atomic E-state index is 13.0. The summed E-state index contributed by atoms with van der Waals surface area (Å²) in [5.41, 5.74) is 2.31. The van der Waals surface area contributed by atoms with E-state index in [1.165, 1.54) is 5.56 Å². The van der Waals surface area contributed by atoms with E-state index in [-0.39, 0.29) is 23.8 Å². The van der Waals surface area contributed by atoms with E-state index in [2.05, 4.69) is 42.0 Å². The van der Waals surface area contributed by atoms with E-state index < -0.39 is 6.04 Å². The predicted octanol–water partition coefficient (Wildman–Crippen LogP) is 4.72. The molecule has 0 saturated carbocycles. The molecule has 168 valence electrons. The van der Waals surface area contributed by atoms with Crippen molar-refractivity contribution in [2.45, 2.75) is 52.5 Å². The predicted molar refractivity (Wildman–Crippen MR) is 128 cm³/mol. The van der Waals surface area contributed by atoms with Crippen LogP contribution >= 0.6 is 15.9 Å². The molecule has 1 N–H and O–H groups in total. The molecule has 0 bridgehead atoms. The largest absolute Gasteiger partial charge is 0.483 e. The van der Waals surface area contributed by atoms with Gasteiger partial charge in [-0.1, -0.05) is 57.2 Å². The van der Waals surface area contributed by atoms with Crippen LogP contribution in [0.2, 0.25) is 0 Å². The van der Waals surface area contributed by atoms with E-state index in [1.807, 2.05) is 55.5 Å². The normalized spacial score (nSPS) is 12.2. The van der Waals surface area contributed by atoms with E-state index in [9.17, 15) is 9.59 Å². The van der Waals surface area contributed by atoms with E-state index in [0.717, 1.165) is 10.0 Å². The minimum atomic E-state index is -0.577. The van der Waals surface area contributed by atoms with Crippen molar-refractivity contribution >= 4 is 27.7 Å². The molecule has 1 atom stereocenters. The lowest BCUT2D eigenvalue weighted by Crippen LogP contribution is -2.50. The summed E-state index contributed by atoms with van der Waals surface area (Å²) in [5.74, 6) is 0.219. The molecule has 2 aromatic carbocycles. The molecule has 0 aromatic heterocycles. The van der Waals surface area contributed by atoms with Crippen LogP contribution in [-0.2, 0) is 21.4 Å². The highest BCUT2D eigenvalue weighted by atomic mass is 79.9. The molecule has 2 rings (SSSR count). The molecule has 2 amide bonds. The average Bonchev–Trinajstić information content (AvgIpc) is 2.73. The monoisotopic (exact) mass is 488 g/mol. The smallest absolute Gasteiger partial charge is 0.261 e. The fraction of sp³-hybridized carbons (Fsp3) is 0.440. The SMILES string of the molecule is CCNC(=O)[C@@H](C)N(CCc1ccccc1)C(=O)COc1ccc(C(C)(C)C)cc1Br. The summed E-state index contributed by atoms with van der Waals surface area (Å²) in [7, 11) is 0. The quantitative estimate of drug-likeness (QED) is 0.555. The lowest BCUT2D eigenvalue weighted by Gasteiger charge is -2.28. The van der Waals surface area contributed by atoms with Crippen LogP contribution in [-0.4, -0.2) is 42.5 Å². The summed E-state index contributed by atoms with van der Waals surface area (Å²) < 4.78 is 6.63. The Morgan fingerprint density at radius 2 is 1.81 bits per heavy atom. The molecule has 0 unspecified atom stereocenters. The molecule has 0 spiro atoms. The number of ether oxygens (including phenoxy) is 1. The number of hydrogen-bond acceptors (Lipinski definition) is 3. The van der Waals surface area contributed by atoms with Gasteiger partial charge in [-0.05, 0) is 64.9 Å². The van der Waals surface area contributed by atoms with Gasteiger partial charge in [-0.2, -0.15) is 0 Å². The Balaban J connectivity index is 2.10. The second kappa shape index (κ2) is 11.3. The average molecular weight is 489 g/mol. The Kier molecular flexibility index (Phi) is 9.11. The topological polar surface area (TPSA) is 58.6 Å². The highest BCUT2D eigenvalue weighted by molar-refractivity contribution is 9.10. The molecule has 0 aliphatic heterocycles. The van der Waals surface area contributed by atoms with Crippen molar-refractivity contribution in [1.29, 1.82) is 0 Å². The summed E-state index contributed by atoms with van der Waals surface area (Å²) >= 11 is 3.55. The first-order chi connectivity index (χ1) is 14.6. The summed E-state index contributed by atoms with van der Waals surface area (Å²) in [4.78, 5) is 27.0. The molecule has 0 radical (unpaired) electrons. The molecule has 6 heteroatoms. The van der Waals surface area contributed by atoms with Crippen molar-refractivity contribution in [3.8, 4) is 5.75 Å². The third kappa shape index (κ3) is 7.39. The van der Waals surface area contributed by atoms with Gasteiger partial charge in [-0.15, -0.1) is 0 Å². The lowest BCUT2D eigenvalue weighted by molar-refractivity contribution is -0.141. The number of benzene rings is 2. The van der Waals surface area contributed by atoms with Crippen molar-refractivity contribution in [3.05, 3.63) is 64.1 Å². The molecule has 0 aliphatic rings. The first kappa shape index (κ1) is 24.9. The van der Waals surface area contributed by atoms with Gasteiger partial charge in [0.05, 0.1) is 4.47 Å². The standard InChI is InChI=1S/C25H33BrN2O3/c1-6-27-24(30)18(2)28(15-14-19-10-8-7-9-11-19)23(29)17-31-22-13-12-20(16-21(22)26)25(3,4)5/h7-13,16,18H,6,14-15,17H2,1-5H3,(H,27,30)/t18-/m1/s1. The summed E-state index contributed by atoms with van der Waals surface area (Å²) in [6.07, 6.45) is 0.667. The second-order valence-corrected chi connectivity index (χ2v) is 9.43. The fourth-order valence-corrected chi connectivity index (χ4v) is 3.69. The molecule has 5 nitrogen and oxygen atoms in total. The number of carbonyl (C=O) groups is 2. The fourth-order valence-electron chi connectivity index (χ4n) is 3.20. The van der Waals surface area contributed by atoms with E-state index in [4.69, 9.17) is 4.74 Å². The Morgan fingerprint density at radius 1 is 1.13 bits per heavy atom. The first-order valence-corrected chi connectivity index (χ1v) is 11.5. The number of hydrogen-bond donors (Lipinski definition) is 1. The minimum Gasteiger partial charge on any atom is -0.483 e. The Bertz CT molecular complexity index is 878. The van der Waals surface area contributed by atoms with Gasteiger partial charge in [0.2, 0.25) is 5.91 Å². The Labute approximate surface area is 194 Å². The van der Waals surface area contributed by atoms with Crippen LogP contribution in [0.5, 0.6) is 5.75 Å². The van der Waals surface area contributed by atoms with Gasteiger partial charge < -0.3 is 15.0 Å². The molecular weight excluding hydrogens is 456 g/mol. The maximum atomic E-state index is 13.0. The van der Waals surface area contributed by atoms with Crippen LogP contribution in [0, 0.1) is 0 Å². The maximum Gasteiger partial charge on any atom is 0.261 e. The summed E-state index contributed by atoms with van der Waals surface area (Å²) in [6.45, 7) is 10.9. The minimum absolute atomic E-state index is 0.0210. The number of nitrogens with zero attached hydrogens (tertiary/aromatic N) is 1. The molecule has 0 aliphatic carbocycles. The van der Waals surface area contributed by atoms with Crippen molar-refractivity contribution < 1.29 is 14.3 Å². The lowest BCUT2D eigenvalue weighted by atomic mass is 9.87. The Morgan fingerprint density at radius 3 is 2.39 bits per heavy atom. The van der Waals surface area contributed by atoms with E-state index in [1.54, 1.807) is 11.8 Å². The van der Waals surface area contributed by atoms with Gasteiger partial charge in [-0.25, -0.2) is 0 Å². The number of likely N-dealkylation sites (N-methyl/N-ethyl adjacent to an activating group) is 1.